The van der Waals surface area contributed by atoms with E-state index >= 15 is 0 Å². The summed E-state index contributed by atoms with van der Waals surface area (Å²) in [6.45, 7) is 5.03. The van der Waals surface area contributed by atoms with E-state index in [4.69, 9.17) is 4.74 Å². The van der Waals surface area contributed by atoms with Gasteiger partial charge in [0.15, 0.2) is 0 Å². The van der Waals surface area contributed by atoms with Crippen LogP contribution in [0.2, 0.25) is 0 Å². The van der Waals surface area contributed by atoms with Gasteiger partial charge in [-0.3, -0.25) is 9.48 Å². The van der Waals surface area contributed by atoms with Crippen molar-refractivity contribution < 1.29 is 9.53 Å². The van der Waals surface area contributed by atoms with Gasteiger partial charge in [0.2, 0.25) is 0 Å². The van der Waals surface area contributed by atoms with Gasteiger partial charge in [0.05, 0.1) is 11.2 Å². The summed E-state index contributed by atoms with van der Waals surface area (Å²) in [5.74, 6) is 2.14. The molecule has 2 bridgehead atoms. The molecule has 3 atom stereocenters. The Morgan fingerprint density at radius 1 is 1.03 bits per heavy atom. The molecule has 2 heterocycles. The van der Waals surface area contributed by atoms with Crippen molar-refractivity contribution in [3.8, 4) is 22.6 Å². The molecule has 6 nitrogen and oxygen atoms in total. The lowest BCUT2D eigenvalue weighted by molar-refractivity contribution is 0.0924. The van der Waals surface area contributed by atoms with Gasteiger partial charge >= 0.3 is 0 Å². The van der Waals surface area contributed by atoms with Crippen LogP contribution in [0.25, 0.3) is 22.0 Å². The lowest BCUT2D eigenvalue weighted by atomic mass is 9.98. The van der Waals surface area contributed by atoms with E-state index < -0.39 is 0 Å². The van der Waals surface area contributed by atoms with Gasteiger partial charge < -0.3 is 15.4 Å². The molecule has 1 saturated carbocycles. The Kier molecular flexibility index (Phi) is 5.33. The highest BCUT2D eigenvalue weighted by Crippen LogP contribution is 2.33. The number of benzene rings is 3. The third-order valence-corrected chi connectivity index (χ3v) is 7.56. The van der Waals surface area contributed by atoms with Gasteiger partial charge in [-0.25, -0.2) is 0 Å². The smallest absolute Gasteiger partial charge is 0.251 e. The summed E-state index contributed by atoms with van der Waals surface area (Å²) < 4.78 is 8.07. The number of nitrogens with zero attached hydrogens (tertiary/aromatic N) is 2. The number of nitrogens with one attached hydrogen (secondary N) is 2. The second-order valence-electron chi connectivity index (χ2n) is 9.96. The third-order valence-electron chi connectivity index (χ3n) is 7.56. The molecule has 2 fully saturated rings. The van der Waals surface area contributed by atoms with Gasteiger partial charge in [0, 0.05) is 42.7 Å². The molecule has 1 aliphatic carbocycles. The number of fused-ring (bicyclic) bond motifs is 3. The standard InChI is InChI=1S/C29H30N4O2/c1-17-11-20(7-9-25(17)29(34)31-27-14-22-12-21(27)16-30-22)19-5-4-6-23(13-19)35-24-8-10-26-18(2)32-33(3)28(26)15-24/h4-11,13,15,21-22,27,30H,12,14,16H2,1-3H3,(H,31,34)/t21-,22-,27-/m1/s1. The third kappa shape index (κ3) is 4.08. The number of piperidine rings is 1. The Bertz CT molecular complexity index is 1440. The summed E-state index contributed by atoms with van der Waals surface area (Å²) in [5.41, 5.74) is 5.89. The molecule has 3 aromatic carbocycles. The minimum atomic E-state index is 0.0319. The zero-order chi connectivity index (χ0) is 24.1. The minimum absolute atomic E-state index is 0.0319. The fraction of sp³-hybridized carbons (Fsp3) is 0.310. The maximum absolute atomic E-state index is 13.0. The molecule has 0 radical (unpaired) electrons. The first-order chi connectivity index (χ1) is 16.9. The summed E-state index contributed by atoms with van der Waals surface area (Å²) in [4.78, 5) is 13.0. The number of aromatic nitrogens is 2. The molecule has 35 heavy (non-hydrogen) atoms. The fourth-order valence-electron chi connectivity index (χ4n) is 5.71. The van der Waals surface area contributed by atoms with E-state index in [0.717, 1.165) is 63.3 Å². The van der Waals surface area contributed by atoms with Gasteiger partial charge in [-0.15, -0.1) is 0 Å². The van der Waals surface area contributed by atoms with Crippen LogP contribution in [0.5, 0.6) is 11.5 Å². The first-order valence-electron chi connectivity index (χ1n) is 12.3. The molecular formula is C29H30N4O2. The molecular weight excluding hydrogens is 436 g/mol. The predicted octanol–water partition coefficient (Wildman–Crippen LogP) is 5.13. The normalized spacial score (nSPS) is 20.9. The minimum Gasteiger partial charge on any atom is -0.457 e. The topological polar surface area (TPSA) is 68.2 Å². The van der Waals surface area contributed by atoms with Crippen molar-refractivity contribution in [3.63, 3.8) is 0 Å². The van der Waals surface area contributed by atoms with Crippen molar-refractivity contribution in [1.29, 1.82) is 0 Å². The number of carbonyl (C=O) groups is 1. The average Bonchev–Trinajstić information content (AvgIpc) is 3.54. The van der Waals surface area contributed by atoms with Crippen LogP contribution >= 0.6 is 0 Å². The van der Waals surface area contributed by atoms with Crippen molar-refractivity contribution in [2.24, 2.45) is 13.0 Å². The Hall–Kier alpha value is -3.64. The molecule has 6 rings (SSSR count). The number of amides is 1. The van der Waals surface area contributed by atoms with Crippen LogP contribution in [0.1, 0.15) is 34.5 Å². The first kappa shape index (κ1) is 21.9. The molecule has 2 N–H and O–H groups in total. The van der Waals surface area contributed by atoms with Crippen molar-refractivity contribution >= 4 is 16.8 Å². The predicted molar refractivity (Wildman–Crippen MR) is 138 cm³/mol. The van der Waals surface area contributed by atoms with E-state index in [0.29, 0.717) is 12.0 Å². The largest absolute Gasteiger partial charge is 0.457 e. The number of ether oxygens (including phenoxy) is 1. The maximum atomic E-state index is 13.0. The fourth-order valence-corrected chi connectivity index (χ4v) is 5.71. The highest BCUT2D eigenvalue weighted by atomic mass is 16.5. The SMILES string of the molecule is Cc1cc(-c2cccc(Oc3ccc4c(C)nn(C)c4c3)c2)ccc1C(=O)N[C@@H]1C[C@H]2C[C@@H]1CN2. The van der Waals surface area contributed by atoms with E-state index in [2.05, 4.69) is 33.9 Å². The highest BCUT2D eigenvalue weighted by molar-refractivity contribution is 5.96. The van der Waals surface area contributed by atoms with Crippen LogP contribution in [0.15, 0.2) is 60.7 Å². The van der Waals surface area contributed by atoms with Crippen molar-refractivity contribution in [1.82, 2.24) is 20.4 Å². The highest BCUT2D eigenvalue weighted by Gasteiger charge is 2.40. The van der Waals surface area contributed by atoms with Crippen LogP contribution < -0.4 is 15.4 Å². The number of rotatable bonds is 5. The summed E-state index contributed by atoms with van der Waals surface area (Å²) in [5, 5.41) is 12.4. The van der Waals surface area contributed by atoms with E-state index in [1.165, 1.54) is 6.42 Å². The molecule has 1 saturated heterocycles. The Balaban J connectivity index is 1.20. The molecule has 178 valence electrons. The maximum Gasteiger partial charge on any atom is 0.251 e. The van der Waals surface area contributed by atoms with E-state index in [1.54, 1.807) is 0 Å². The zero-order valence-corrected chi connectivity index (χ0v) is 20.3. The van der Waals surface area contributed by atoms with Gasteiger partial charge in [0.25, 0.3) is 5.91 Å². The molecule has 0 spiro atoms. The molecule has 1 aromatic heterocycles. The van der Waals surface area contributed by atoms with Crippen LogP contribution in [-0.2, 0) is 7.05 Å². The monoisotopic (exact) mass is 466 g/mol. The zero-order valence-electron chi connectivity index (χ0n) is 20.3. The average molecular weight is 467 g/mol. The first-order valence-corrected chi connectivity index (χ1v) is 12.3. The van der Waals surface area contributed by atoms with Crippen LogP contribution in [0.4, 0.5) is 0 Å². The second kappa shape index (κ2) is 8.54. The summed E-state index contributed by atoms with van der Waals surface area (Å²) in [6.07, 6.45) is 2.21. The lowest BCUT2D eigenvalue weighted by Crippen LogP contribution is -2.44. The Labute approximate surface area is 205 Å². The van der Waals surface area contributed by atoms with E-state index in [-0.39, 0.29) is 11.9 Å². The molecule has 4 aromatic rings. The number of hydrogen-bond donors (Lipinski definition) is 2. The Morgan fingerprint density at radius 3 is 2.63 bits per heavy atom. The Morgan fingerprint density at radius 2 is 1.86 bits per heavy atom. The van der Waals surface area contributed by atoms with Gasteiger partial charge in [-0.2, -0.15) is 5.10 Å². The van der Waals surface area contributed by atoms with Gasteiger partial charge in [-0.1, -0.05) is 24.3 Å². The van der Waals surface area contributed by atoms with Crippen LogP contribution in [0.3, 0.4) is 0 Å². The molecule has 1 aliphatic heterocycles. The molecule has 2 aliphatic rings. The second-order valence-corrected chi connectivity index (χ2v) is 9.96. The quantitative estimate of drug-likeness (QED) is 0.428. The van der Waals surface area contributed by atoms with Crippen molar-refractivity contribution in [3.05, 3.63) is 77.5 Å². The van der Waals surface area contributed by atoms with E-state index in [9.17, 15) is 4.79 Å². The lowest BCUT2D eigenvalue weighted by Gasteiger charge is -2.24. The van der Waals surface area contributed by atoms with Crippen LogP contribution in [-0.4, -0.2) is 34.3 Å². The van der Waals surface area contributed by atoms with Crippen molar-refractivity contribution in [2.45, 2.75) is 38.8 Å². The van der Waals surface area contributed by atoms with Gasteiger partial charge in [0.1, 0.15) is 11.5 Å². The van der Waals surface area contributed by atoms with Crippen molar-refractivity contribution in [2.75, 3.05) is 6.54 Å². The number of hydrogen-bond acceptors (Lipinski definition) is 4. The molecule has 1 amide bonds. The number of aryl methyl sites for hydroxylation is 3. The number of carbonyl (C=O) groups excluding carboxylic acids is 1. The van der Waals surface area contributed by atoms with Crippen LogP contribution in [0, 0.1) is 19.8 Å². The summed E-state index contributed by atoms with van der Waals surface area (Å²) in [7, 11) is 1.95. The molecule has 6 heteroatoms. The molecule has 0 unspecified atom stereocenters. The van der Waals surface area contributed by atoms with Gasteiger partial charge in [-0.05, 0) is 79.6 Å². The summed E-state index contributed by atoms with van der Waals surface area (Å²) in [6, 6.07) is 21.0. The summed E-state index contributed by atoms with van der Waals surface area (Å²) >= 11 is 0. The van der Waals surface area contributed by atoms with E-state index in [1.807, 2.05) is 68.0 Å².